The van der Waals surface area contributed by atoms with E-state index >= 15 is 0 Å². The Bertz CT molecular complexity index is 1080. The van der Waals surface area contributed by atoms with Crippen molar-refractivity contribution in [3.8, 4) is 0 Å². The van der Waals surface area contributed by atoms with Crippen LogP contribution in [0.5, 0.6) is 0 Å². The monoisotopic (exact) mass is 410 g/mol. The lowest BCUT2D eigenvalue weighted by Crippen LogP contribution is -2.22. The molecule has 10 nitrogen and oxygen atoms in total. The number of nitrogens with one attached hydrogen (secondary N) is 2. The number of carbonyl (C=O) groups excluding carboxylic acids is 3. The third kappa shape index (κ3) is 5.77. The summed E-state index contributed by atoms with van der Waals surface area (Å²) in [6.45, 7) is 3.83. The van der Waals surface area contributed by atoms with Crippen LogP contribution in [-0.2, 0) is 16.1 Å². The average molecular weight is 410 g/mol. The van der Waals surface area contributed by atoms with Gasteiger partial charge in [0.05, 0.1) is 18.4 Å². The Morgan fingerprint density at radius 1 is 1.13 bits per heavy atom. The van der Waals surface area contributed by atoms with Gasteiger partial charge >= 0.3 is 0 Å². The second-order valence-corrected chi connectivity index (χ2v) is 6.52. The first-order chi connectivity index (χ1) is 14.4. The molecular formula is C20H22N6O4. The van der Waals surface area contributed by atoms with E-state index in [2.05, 4.69) is 25.3 Å². The van der Waals surface area contributed by atoms with Crippen molar-refractivity contribution < 1.29 is 14.4 Å². The smallest absolute Gasteiger partial charge is 0.280 e. The van der Waals surface area contributed by atoms with Gasteiger partial charge in [-0.1, -0.05) is 13.8 Å². The predicted octanol–water partition coefficient (Wildman–Crippen LogP) is 1.57. The Kier molecular flexibility index (Phi) is 7.86. The minimum atomic E-state index is -0.420. The van der Waals surface area contributed by atoms with Gasteiger partial charge in [-0.15, -0.1) is 0 Å². The molecule has 156 valence electrons. The van der Waals surface area contributed by atoms with Gasteiger partial charge in [0, 0.05) is 24.2 Å². The van der Waals surface area contributed by atoms with Crippen LogP contribution in [0.2, 0.25) is 0 Å². The molecule has 0 saturated carbocycles. The fourth-order valence-electron chi connectivity index (χ4n) is 2.26. The third-order valence-corrected chi connectivity index (χ3v) is 3.80. The number of amides is 1. The number of aromatic amines is 1. The number of benzene rings is 1. The molecule has 1 aromatic carbocycles. The average Bonchev–Trinajstić information content (AvgIpc) is 2.78. The highest BCUT2D eigenvalue weighted by atomic mass is 16.1. The number of nitrogens with zero attached hydrogens (tertiary/aromatic N) is 4. The van der Waals surface area contributed by atoms with Crippen molar-refractivity contribution in [2.24, 2.45) is 5.92 Å². The maximum absolute atomic E-state index is 12.1. The van der Waals surface area contributed by atoms with Crippen LogP contribution in [0, 0.1) is 5.92 Å². The molecule has 30 heavy (non-hydrogen) atoms. The van der Waals surface area contributed by atoms with Crippen molar-refractivity contribution in [2.45, 2.75) is 20.4 Å². The van der Waals surface area contributed by atoms with Crippen LogP contribution in [-0.4, -0.2) is 46.0 Å². The number of anilines is 2. The summed E-state index contributed by atoms with van der Waals surface area (Å²) in [7, 11) is 1.63. The van der Waals surface area contributed by atoms with Crippen LogP contribution in [0.4, 0.5) is 11.6 Å². The molecule has 0 radical (unpaired) electrons. The number of rotatable bonds is 7. The van der Waals surface area contributed by atoms with Crippen LogP contribution in [0.15, 0.2) is 35.3 Å². The molecule has 1 amide bonds. The largest absolute Gasteiger partial charge is 0.359 e. The number of aromatic nitrogens is 4. The third-order valence-electron chi connectivity index (χ3n) is 3.80. The van der Waals surface area contributed by atoms with Crippen molar-refractivity contribution in [1.29, 1.82) is 0 Å². The van der Waals surface area contributed by atoms with E-state index < -0.39 is 5.56 Å². The van der Waals surface area contributed by atoms with Crippen molar-refractivity contribution >= 4 is 41.8 Å². The topological polar surface area (TPSA) is 138 Å². The fourth-order valence-corrected chi connectivity index (χ4v) is 2.26. The molecule has 0 aliphatic heterocycles. The number of H-pyrrole nitrogens is 1. The Balaban J connectivity index is 0.000000575. The predicted molar refractivity (Wildman–Crippen MR) is 112 cm³/mol. The maximum atomic E-state index is 12.1. The van der Waals surface area contributed by atoms with E-state index in [0.29, 0.717) is 29.3 Å². The Morgan fingerprint density at radius 2 is 1.80 bits per heavy atom. The van der Waals surface area contributed by atoms with Crippen LogP contribution in [0.3, 0.4) is 0 Å². The molecule has 2 aromatic heterocycles. The first-order valence-corrected chi connectivity index (χ1v) is 9.08. The lowest BCUT2D eigenvalue weighted by molar-refractivity contribution is -0.110. The molecule has 0 aliphatic rings. The summed E-state index contributed by atoms with van der Waals surface area (Å²) < 4.78 is 0. The molecule has 2 N–H and O–H groups in total. The SMILES string of the molecule is CC(C)C=O.CNc1nc2ncc(CN(C=O)c3ccc(C=O)cc3)nc2c(=O)[nH]1. The summed E-state index contributed by atoms with van der Waals surface area (Å²) in [5.41, 5.74) is 1.43. The van der Waals surface area contributed by atoms with Crippen LogP contribution in [0.1, 0.15) is 29.9 Å². The molecule has 2 heterocycles. The summed E-state index contributed by atoms with van der Waals surface area (Å²) in [4.78, 5) is 60.1. The highest BCUT2D eigenvalue weighted by molar-refractivity contribution is 5.79. The molecule has 0 aliphatic carbocycles. The van der Waals surface area contributed by atoms with E-state index in [0.717, 1.165) is 12.6 Å². The van der Waals surface area contributed by atoms with E-state index in [9.17, 15) is 19.2 Å². The molecule has 0 spiro atoms. The molecule has 0 bridgehead atoms. The molecular weight excluding hydrogens is 388 g/mol. The summed E-state index contributed by atoms with van der Waals surface area (Å²) in [5.74, 6) is 0.499. The van der Waals surface area contributed by atoms with Gasteiger partial charge in [-0.3, -0.25) is 19.4 Å². The molecule has 3 rings (SSSR count). The second kappa shape index (κ2) is 10.6. The summed E-state index contributed by atoms with van der Waals surface area (Å²) in [6, 6.07) is 6.53. The van der Waals surface area contributed by atoms with Crippen LogP contribution >= 0.6 is 0 Å². The molecule has 10 heteroatoms. The minimum Gasteiger partial charge on any atom is -0.359 e. The molecule has 0 atom stereocenters. The van der Waals surface area contributed by atoms with E-state index in [1.807, 2.05) is 13.8 Å². The maximum Gasteiger partial charge on any atom is 0.280 e. The van der Waals surface area contributed by atoms with Crippen molar-refractivity contribution in [3.63, 3.8) is 0 Å². The van der Waals surface area contributed by atoms with Gasteiger partial charge in [0.25, 0.3) is 5.56 Å². The van der Waals surface area contributed by atoms with Gasteiger partial charge in [0.15, 0.2) is 11.2 Å². The van der Waals surface area contributed by atoms with E-state index in [-0.39, 0.29) is 23.6 Å². The first-order valence-electron chi connectivity index (χ1n) is 9.08. The summed E-state index contributed by atoms with van der Waals surface area (Å²) in [5, 5.41) is 2.73. The van der Waals surface area contributed by atoms with Crippen molar-refractivity contribution in [3.05, 3.63) is 52.1 Å². The Morgan fingerprint density at radius 3 is 2.33 bits per heavy atom. The summed E-state index contributed by atoms with van der Waals surface area (Å²) >= 11 is 0. The zero-order chi connectivity index (χ0) is 22.1. The summed E-state index contributed by atoms with van der Waals surface area (Å²) in [6.07, 6.45) is 3.75. The van der Waals surface area contributed by atoms with E-state index in [1.165, 1.54) is 11.1 Å². The lowest BCUT2D eigenvalue weighted by Gasteiger charge is -2.17. The molecule has 0 saturated heterocycles. The van der Waals surface area contributed by atoms with E-state index in [1.54, 1.807) is 31.3 Å². The quantitative estimate of drug-likeness (QED) is 0.560. The lowest BCUT2D eigenvalue weighted by atomic mass is 10.2. The van der Waals surface area contributed by atoms with E-state index in [4.69, 9.17) is 0 Å². The van der Waals surface area contributed by atoms with Crippen molar-refractivity contribution in [2.75, 3.05) is 17.3 Å². The second-order valence-electron chi connectivity index (χ2n) is 6.52. The van der Waals surface area contributed by atoms with Gasteiger partial charge in [0.1, 0.15) is 12.6 Å². The molecule has 0 unspecified atom stereocenters. The van der Waals surface area contributed by atoms with Gasteiger partial charge < -0.3 is 15.0 Å². The number of hydrogen-bond acceptors (Lipinski definition) is 8. The van der Waals surface area contributed by atoms with Gasteiger partial charge in [-0.05, 0) is 24.3 Å². The molecule has 0 fully saturated rings. The van der Waals surface area contributed by atoms with Gasteiger partial charge in [0.2, 0.25) is 12.4 Å². The Labute approximate surface area is 172 Å². The normalized spacial score (nSPS) is 10.1. The van der Waals surface area contributed by atoms with Gasteiger partial charge in [-0.2, -0.15) is 4.98 Å². The fraction of sp³-hybridized carbons (Fsp3) is 0.250. The number of hydrogen-bond donors (Lipinski definition) is 2. The van der Waals surface area contributed by atoms with Crippen LogP contribution < -0.4 is 15.8 Å². The zero-order valence-corrected chi connectivity index (χ0v) is 16.8. The first kappa shape index (κ1) is 22.3. The number of aldehydes is 2. The highest BCUT2D eigenvalue weighted by Gasteiger charge is 2.11. The number of fused-ring (bicyclic) bond motifs is 1. The van der Waals surface area contributed by atoms with Crippen molar-refractivity contribution in [1.82, 2.24) is 19.9 Å². The zero-order valence-electron chi connectivity index (χ0n) is 16.8. The Hall–Kier alpha value is -3.95. The van der Waals surface area contributed by atoms with Crippen LogP contribution in [0.25, 0.3) is 11.2 Å². The highest BCUT2D eigenvalue weighted by Crippen LogP contribution is 2.16. The minimum absolute atomic E-state index is 0.0960. The van der Waals surface area contributed by atoms with Gasteiger partial charge in [-0.25, -0.2) is 9.97 Å². The number of carbonyl (C=O) groups is 3. The standard InChI is InChI=1S/C16H14N6O3.C4H8O/c1-17-16-20-14-13(15(25)21-16)19-11(6-18-14)7-22(9-24)12-4-2-10(8-23)3-5-12;1-4(2)3-5/h2-6,8-9H,7H2,1H3,(H2,17,18,20,21,25);3-4H,1-2H3. The molecule has 3 aromatic rings.